The number of likely N-dealkylation sites (N-methyl/N-ethyl adjacent to an activating group) is 1. The van der Waals surface area contributed by atoms with E-state index >= 15 is 0 Å². The van der Waals surface area contributed by atoms with Gasteiger partial charge in [-0.1, -0.05) is 78.9 Å². The number of anilines is 1. The lowest BCUT2D eigenvalue weighted by atomic mass is 9.70. The van der Waals surface area contributed by atoms with Gasteiger partial charge in [-0.3, -0.25) is 9.78 Å². The van der Waals surface area contributed by atoms with E-state index in [1.165, 1.54) is 0 Å². The minimum absolute atomic E-state index is 0.0293. The van der Waals surface area contributed by atoms with Crippen LogP contribution in [0.2, 0.25) is 0 Å². The lowest BCUT2D eigenvalue weighted by Gasteiger charge is -2.37. The number of nitrogens with zero attached hydrogens (tertiary/aromatic N) is 3. The molecule has 7 heteroatoms. The Morgan fingerprint density at radius 3 is 2.23 bits per heavy atom. The van der Waals surface area contributed by atoms with Crippen LogP contribution in [-0.2, 0) is 10.2 Å². The van der Waals surface area contributed by atoms with E-state index in [4.69, 9.17) is 0 Å². The molecular formula is C33H37N5O2. The van der Waals surface area contributed by atoms with Gasteiger partial charge in [-0.15, -0.1) is 0 Å². The number of rotatable bonds is 8. The molecular weight excluding hydrogens is 498 g/mol. The van der Waals surface area contributed by atoms with Gasteiger partial charge in [0, 0.05) is 44.3 Å². The number of urea groups is 1. The number of aryl methyl sites for hydroxylation is 1. The summed E-state index contributed by atoms with van der Waals surface area (Å²) in [6, 6.07) is 29.7. The molecule has 0 radical (unpaired) electrons. The van der Waals surface area contributed by atoms with E-state index in [2.05, 4.69) is 44.8 Å². The van der Waals surface area contributed by atoms with Gasteiger partial charge in [0.2, 0.25) is 5.91 Å². The van der Waals surface area contributed by atoms with Crippen molar-refractivity contribution in [1.29, 1.82) is 0 Å². The summed E-state index contributed by atoms with van der Waals surface area (Å²) in [6.07, 6.45) is 1.49. The Kier molecular flexibility index (Phi) is 8.12. The molecule has 5 rings (SSSR count). The molecule has 1 aromatic heterocycles. The minimum atomic E-state index is -0.796. The highest BCUT2D eigenvalue weighted by Crippen LogP contribution is 2.38. The number of hydrogen-bond acceptors (Lipinski definition) is 4. The van der Waals surface area contributed by atoms with E-state index in [0.29, 0.717) is 6.42 Å². The Balaban J connectivity index is 1.28. The first kappa shape index (κ1) is 27.3. The number of carbonyl (C=O) groups excluding carboxylic acids is 2. The fourth-order valence-corrected chi connectivity index (χ4v) is 5.87. The van der Waals surface area contributed by atoms with Crippen molar-refractivity contribution in [3.63, 3.8) is 0 Å². The van der Waals surface area contributed by atoms with Crippen LogP contribution in [0.5, 0.6) is 0 Å². The fraction of sp³-hybridized carbons (Fsp3) is 0.303. The van der Waals surface area contributed by atoms with Crippen LogP contribution >= 0.6 is 0 Å². The number of para-hydroxylation sites is 1. The van der Waals surface area contributed by atoms with Gasteiger partial charge in [0.25, 0.3) is 0 Å². The predicted molar refractivity (Wildman–Crippen MR) is 160 cm³/mol. The summed E-state index contributed by atoms with van der Waals surface area (Å²) in [5.74, 6) is 0.0676. The van der Waals surface area contributed by atoms with Crippen molar-refractivity contribution in [1.82, 2.24) is 20.1 Å². The fourth-order valence-electron chi connectivity index (χ4n) is 5.87. The van der Waals surface area contributed by atoms with Crippen LogP contribution in [0.4, 0.5) is 10.5 Å². The lowest BCUT2D eigenvalue weighted by molar-refractivity contribution is -0.133. The second kappa shape index (κ2) is 11.9. The normalized spacial score (nSPS) is 15.6. The number of likely N-dealkylation sites (tertiary alicyclic amines) is 1. The third-order valence-electron chi connectivity index (χ3n) is 7.81. The zero-order chi connectivity index (χ0) is 28.1. The number of benzene rings is 3. The van der Waals surface area contributed by atoms with Gasteiger partial charge in [-0.2, -0.15) is 0 Å². The molecule has 206 valence electrons. The number of fused-ring (bicyclic) bond motifs is 1. The largest absolute Gasteiger partial charge is 0.348 e. The highest BCUT2D eigenvalue weighted by atomic mass is 16.2. The SMILES string of the molecule is Cc1cc(NC(=O)N[C@H]2CCN(CCC(C(=O)N(C)C)(c3ccccc3)c3ccccc3)C2)c2ccccc2n1. The molecule has 1 atom stereocenters. The van der Waals surface area contributed by atoms with Crippen LogP contribution in [0.3, 0.4) is 0 Å². The Hall–Kier alpha value is -4.23. The summed E-state index contributed by atoms with van der Waals surface area (Å²) in [4.78, 5) is 35.5. The zero-order valence-corrected chi connectivity index (χ0v) is 23.4. The van der Waals surface area contributed by atoms with Gasteiger partial charge in [-0.05, 0) is 49.6 Å². The van der Waals surface area contributed by atoms with Crippen LogP contribution in [-0.4, -0.2) is 66.5 Å². The quantitative estimate of drug-likeness (QED) is 0.325. The maximum absolute atomic E-state index is 13.9. The predicted octanol–water partition coefficient (Wildman–Crippen LogP) is 5.20. The monoisotopic (exact) mass is 535 g/mol. The average Bonchev–Trinajstić information content (AvgIpc) is 3.41. The minimum Gasteiger partial charge on any atom is -0.348 e. The third kappa shape index (κ3) is 5.70. The first-order valence-corrected chi connectivity index (χ1v) is 13.9. The van der Waals surface area contributed by atoms with E-state index in [-0.39, 0.29) is 18.0 Å². The van der Waals surface area contributed by atoms with Crippen LogP contribution in [0, 0.1) is 6.92 Å². The number of amides is 3. The topological polar surface area (TPSA) is 77.6 Å². The van der Waals surface area contributed by atoms with Crippen molar-refractivity contribution in [3.05, 3.63) is 108 Å². The standard InChI is InChI=1S/C33H37N5O2/c1-24-22-30(28-16-10-11-17-29(28)34-24)36-32(40)35-27-18-20-38(23-27)21-19-33(31(39)37(2)3,25-12-6-4-7-13-25)26-14-8-5-9-15-26/h4-17,22,27H,18-21,23H2,1-3H3,(H2,34,35,36,40)/t27-/m0/s1. The number of aromatic nitrogens is 1. The molecule has 0 aliphatic carbocycles. The van der Waals surface area contributed by atoms with Crippen molar-refractivity contribution < 1.29 is 9.59 Å². The van der Waals surface area contributed by atoms with Crippen molar-refractivity contribution >= 4 is 28.5 Å². The van der Waals surface area contributed by atoms with Crippen LogP contribution in [0.25, 0.3) is 10.9 Å². The van der Waals surface area contributed by atoms with Crippen molar-refractivity contribution in [2.75, 3.05) is 39.0 Å². The van der Waals surface area contributed by atoms with Crippen LogP contribution in [0.15, 0.2) is 91.0 Å². The molecule has 2 N–H and O–H groups in total. The lowest BCUT2D eigenvalue weighted by Crippen LogP contribution is -2.47. The Labute approximate surface area is 236 Å². The van der Waals surface area contributed by atoms with Gasteiger partial charge in [0.05, 0.1) is 11.2 Å². The third-order valence-corrected chi connectivity index (χ3v) is 7.81. The maximum atomic E-state index is 13.9. The number of carbonyl (C=O) groups is 2. The number of hydrogen-bond donors (Lipinski definition) is 2. The first-order chi connectivity index (χ1) is 19.4. The van der Waals surface area contributed by atoms with Gasteiger partial charge < -0.3 is 20.4 Å². The molecule has 1 saturated heterocycles. The molecule has 4 aromatic rings. The second-order valence-electron chi connectivity index (χ2n) is 10.8. The zero-order valence-electron chi connectivity index (χ0n) is 23.4. The van der Waals surface area contributed by atoms with Gasteiger partial charge in [0.15, 0.2) is 0 Å². The first-order valence-electron chi connectivity index (χ1n) is 13.9. The molecule has 2 heterocycles. The maximum Gasteiger partial charge on any atom is 0.319 e. The van der Waals surface area contributed by atoms with Crippen LogP contribution < -0.4 is 10.6 Å². The van der Waals surface area contributed by atoms with Crippen molar-refractivity contribution in [2.24, 2.45) is 0 Å². The van der Waals surface area contributed by atoms with Gasteiger partial charge >= 0.3 is 6.03 Å². The molecule has 1 aliphatic rings. The molecule has 0 spiro atoms. The smallest absolute Gasteiger partial charge is 0.319 e. The van der Waals surface area contributed by atoms with E-state index in [1.807, 2.05) is 87.7 Å². The van der Waals surface area contributed by atoms with Gasteiger partial charge in [-0.25, -0.2) is 4.79 Å². The summed E-state index contributed by atoms with van der Waals surface area (Å²) in [5.41, 5.74) is 3.66. The highest BCUT2D eigenvalue weighted by molar-refractivity contribution is 6.00. The van der Waals surface area contributed by atoms with Crippen molar-refractivity contribution in [3.8, 4) is 0 Å². The summed E-state index contributed by atoms with van der Waals surface area (Å²) >= 11 is 0. The molecule has 3 amide bonds. The molecule has 1 fully saturated rings. The summed E-state index contributed by atoms with van der Waals surface area (Å²) in [5, 5.41) is 7.11. The van der Waals surface area contributed by atoms with E-state index in [1.54, 1.807) is 4.90 Å². The Morgan fingerprint density at radius 2 is 1.57 bits per heavy atom. The second-order valence-corrected chi connectivity index (χ2v) is 10.8. The molecule has 0 unspecified atom stereocenters. The number of nitrogens with one attached hydrogen (secondary N) is 2. The van der Waals surface area contributed by atoms with Gasteiger partial charge in [0.1, 0.15) is 5.41 Å². The van der Waals surface area contributed by atoms with E-state index in [9.17, 15) is 9.59 Å². The summed E-state index contributed by atoms with van der Waals surface area (Å²) in [6.45, 7) is 4.26. The molecule has 7 nitrogen and oxygen atoms in total. The molecule has 0 saturated carbocycles. The highest BCUT2D eigenvalue weighted by Gasteiger charge is 2.43. The number of pyridine rings is 1. The molecule has 0 bridgehead atoms. The Bertz CT molecular complexity index is 1430. The van der Waals surface area contributed by atoms with E-state index < -0.39 is 5.41 Å². The average molecular weight is 536 g/mol. The van der Waals surface area contributed by atoms with Crippen LogP contribution in [0.1, 0.15) is 29.7 Å². The summed E-state index contributed by atoms with van der Waals surface area (Å²) in [7, 11) is 3.65. The molecule has 3 aromatic carbocycles. The summed E-state index contributed by atoms with van der Waals surface area (Å²) < 4.78 is 0. The Morgan fingerprint density at radius 1 is 0.950 bits per heavy atom. The molecule has 1 aliphatic heterocycles. The van der Waals surface area contributed by atoms with Crippen molar-refractivity contribution in [2.45, 2.75) is 31.2 Å². The van der Waals surface area contributed by atoms with E-state index in [0.717, 1.165) is 59.5 Å². The molecule has 40 heavy (non-hydrogen) atoms.